The van der Waals surface area contributed by atoms with Crippen molar-refractivity contribution >= 4 is 32.6 Å². The topological polar surface area (TPSA) is 102 Å². The van der Waals surface area contributed by atoms with Gasteiger partial charge in [-0.05, 0) is 31.4 Å². The summed E-state index contributed by atoms with van der Waals surface area (Å²) in [6, 6.07) is 6.88. The molecule has 2 aromatic rings. The molecule has 1 atom stereocenters. The molecule has 0 saturated carbocycles. The van der Waals surface area contributed by atoms with Crippen molar-refractivity contribution in [1.82, 2.24) is 10.3 Å². The van der Waals surface area contributed by atoms with Crippen LogP contribution in [0.2, 0.25) is 0 Å². The number of benzene rings is 1. The number of rotatable bonds is 5. The summed E-state index contributed by atoms with van der Waals surface area (Å²) >= 11 is 0. The Kier molecular flexibility index (Phi) is 5.46. The van der Waals surface area contributed by atoms with Crippen molar-refractivity contribution in [3.63, 3.8) is 0 Å². The maximum Gasteiger partial charge on any atom is 0.339 e. The lowest BCUT2D eigenvalue weighted by Gasteiger charge is -2.14. The predicted molar refractivity (Wildman–Crippen MR) is 101 cm³/mol. The monoisotopic (exact) mass is 390 g/mol. The van der Waals surface area contributed by atoms with E-state index in [1.165, 1.54) is 0 Å². The number of hydrogen-bond acceptors (Lipinski definition) is 6. The highest BCUT2D eigenvalue weighted by atomic mass is 32.2. The summed E-state index contributed by atoms with van der Waals surface area (Å²) in [5.74, 6) is -1.09. The van der Waals surface area contributed by atoms with Gasteiger partial charge in [-0.1, -0.05) is 25.1 Å². The largest absolute Gasteiger partial charge is 0.452 e. The second-order valence-corrected chi connectivity index (χ2v) is 8.90. The number of amides is 1. The molecule has 2 heterocycles. The first kappa shape index (κ1) is 19.3. The summed E-state index contributed by atoms with van der Waals surface area (Å²) in [6.45, 7) is 3.33. The second-order valence-electron chi connectivity index (χ2n) is 6.67. The summed E-state index contributed by atoms with van der Waals surface area (Å²) in [7, 11) is -3.08. The number of ether oxygens (including phenoxy) is 1. The number of carbonyl (C=O) groups excluding carboxylic acids is 2. The van der Waals surface area contributed by atoms with Gasteiger partial charge in [0.2, 0.25) is 0 Å². The maximum atomic E-state index is 12.7. The van der Waals surface area contributed by atoms with Crippen LogP contribution in [0.25, 0.3) is 10.9 Å². The summed E-state index contributed by atoms with van der Waals surface area (Å²) < 4.78 is 28.1. The Morgan fingerprint density at radius 1 is 1.30 bits per heavy atom. The van der Waals surface area contributed by atoms with Gasteiger partial charge in [0.25, 0.3) is 5.91 Å². The lowest BCUT2D eigenvalue weighted by molar-refractivity contribution is -0.124. The first-order chi connectivity index (χ1) is 12.8. The highest BCUT2D eigenvalue weighted by Gasteiger charge is 2.29. The van der Waals surface area contributed by atoms with Gasteiger partial charge in [0.15, 0.2) is 16.4 Å². The van der Waals surface area contributed by atoms with Crippen molar-refractivity contribution in [2.24, 2.45) is 0 Å². The Labute approximate surface area is 158 Å². The molecule has 1 amide bonds. The van der Waals surface area contributed by atoms with E-state index in [1.54, 1.807) is 6.07 Å². The van der Waals surface area contributed by atoms with Gasteiger partial charge in [0.1, 0.15) is 0 Å². The van der Waals surface area contributed by atoms with Crippen molar-refractivity contribution in [1.29, 1.82) is 0 Å². The number of nitrogens with one attached hydrogen (secondary N) is 1. The van der Waals surface area contributed by atoms with Crippen molar-refractivity contribution < 1.29 is 22.7 Å². The summed E-state index contributed by atoms with van der Waals surface area (Å²) in [5.41, 5.74) is 2.66. The molecule has 0 spiro atoms. The van der Waals surface area contributed by atoms with E-state index < -0.39 is 34.4 Å². The molecule has 1 aromatic heterocycles. The molecule has 1 aliphatic heterocycles. The van der Waals surface area contributed by atoms with Gasteiger partial charge in [-0.25, -0.2) is 13.2 Å². The third kappa shape index (κ3) is 4.27. The Balaban J connectivity index is 1.73. The van der Waals surface area contributed by atoms with Crippen LogP contribution < -0.4 is 5.32 Å². The van der Waals surface area contributed by atoms with Crippen LogP contribution in [0.3, 0.4) is 0 Å². The third-order valence-corrected chi connectivity index (χ3v) is 6.48. The molecule has 0 aliphatic carbocycles. The summed E-state index contributed by atoms with van der Waals surface area (Å²) in [6.07, 6.45) is 1.06. The SMILES string of the molecule is CCc1nc2ccccc2c(C(=O)OCC(=O)N[C@H]2CCS(=O)(=O)C2)c1C. The Hall–Kier alpha value is -2.48. The maximum absolute atomic E-state index is 12.7. The quantitative estimate of drug-likeness (QED) is 0.778. The molecule has 8 heteroatoms. The number of sulfone groups is 1. The van der Waals surface area contributed by atoms with E-state index >= 15 is 0 Å². The fourth-order valence-corrected chi connectivity index (χ4v) is 5.02. The molecule has 7 nitrogen and oxygen atoms in total. The third-order valence-electron chi connectivity index (χ3n) is 4.71. The number of para-hydroxylation sites is 1. The number of aromatic nitrogens is 1. The molecular formula is C19H22N2O5S. The van der Waals surface area contributed by atoms with E-state index in [2.05, 4.69) is 10.3 Å². The van der Waals surface area contributed by atoms with Gasteiger partial charge in [0.05, 0.1) is 22.6 Å². The number of aryl methyl sites for hydroxylation is 1. The van der Waals surface area contributed by atoms with Crippen LogP contribution in [0.15, 0.2) is 24.3 Å². The van der Waals surface area contributed by atoms with Crippen LogP contribution in [0.1, 0.15) is 35.0 Å². The molecule has 0 unspecified atom stereocenters. The zero-order chi connectivity index (χ0) is 19.6. The summed E-state index contributed by atoms with van der Waals surface area (Å²) in [4.78, 5) is 29.3. The number of esters is 1. The zero-order valence-corrected chi connectivity index (χ0v) is 16.1. The van der Waals surface area contributed by atoms with Gasteiger partial charge in [-0.2, -0.15) is 0 Å². The molecule has 144 valence electrons. The van der Waals surface area contributed by atoms with E-state index in [4.69, 9.17) is 4.74 Å². The van der Waals surface area contributed by atoms with Gasteiger partial charge in [-0.15, -0.1) is 0 Å². The number of carbonyl (C=O) groups is 2. The lowest BCUT2D eigenvalue weighted by Crippen LogP contribution is -2.38. The van der Waals surface area contributed by atoms with Gasteiger partial charge < -0.3 is 10.1 Å². The highest BCUT2D eigenvalue weighted by Crippen LogP contribution is 2.24. The van der Waals surface area contributed by atoms with Crippen LogP contribution in [-0.2, 0) is 25.8 Å². The van der Waals surface area contributed by atoms with Gasteiger partial charge in [-0.3, -0.25) is 9.78 Å². The van der Waals surface area contributed by atoms with Gasteiger partial charge in [0, 0.05) is 17.1 Å². The molecule has 3 rings (SSSR count). The zero-order valence-electron chi connectivity index (χ0n) is 15.3. The highest BCUT2D eigenvalue weighted by molar-refractivity contribution is 7.91. The molecule has 0 bridgehead atoms. The normalized spacial score (nSPS) is 18.4. The van der Waals surface area contributed by atoms with E-state index in [-0.39, 0.29) is 11.5 Å². The molecule has 1 N–H and O–H groups in total. The Morgan fingerprint density at radius 2 is 2.04 bits per heavy atom. The first-order valence-corrected chi connectivity index (χ1v) is 10.7. The van der Waals surface area contributed by atoms with Crippen LogP contribution in [0.4, 0.5) is 0 Å². The van der Waals surface area contributed by atoms with E-state index in [9.17, 15) is 18.0 Å². The predicted octanol–water partition coefficient (Wildman–Crippen LogP) is 1.57. The Bertz CT molecular complexity index is 1000. The second kappa shape index (κ2) is 7.64. The van der Waals surface area contributed by atoms with Crippen molar-refractivity contribution in [2.75, 3.05) is 18.1 Å². The number of nitrogens with zero attached hydrogens (tertiary/aromatic N) is 1. The first-order valence-electron chi connectivity index (χ1n) is 8.86. The fraction of sp³-hybridized carbons (Fsp3) is 0.421. The standard InChI is InChI=1S/C19H22N2O5S/c1-3-15-12(2)18(14-6-4-5-7-16(14)21-15)19(23)26-10-17(22)20-13-8-9-27(24,25)11-13/h4-7,13H,3,8-11H2,1-2H3,(H,20,22)/t13-/m0/s1. The van der Waals surface area contributed by atoms with E-state index in [1.807, 2.05) is 32.0 Å². The van der Waals surface area contributed by atoms with Gasteiger partial charge >= 0.3 is 5.97 Å². The minimum atomic E-state index is -3.08. The molecule has 1 aliphatic rings. The van der Waals surface area contributed by atoms with Crippen LogP contribution >= 0.6 is 0 Å². The molecule has 0 radical (unpaired) electrons. The molecular weight excluding hydrogens is 368 g/mol. The minimum absolute atomic E-state index is 0.0688. The van der Waals surface area contributed by atoms with E-state index in [0.29, 0.717) is 29.3 Å². The minimum Gasteiger partial charge on any atom is -0.452 e. The smallest absolute Gasteiger partial charge is 0.339 e. The average Bonchev–Trinajstić information content (AvgIpc) is 2.97. The molecule has 27 heavy (non-hydrogen) atoms. The molecule has 1 fully saturated rings. The van der Waals surface area contributed by atoms with Crippen LogP contribution in [0, 0.1) is 6.92 Å². The lowest BCUT2D eigenvalue weighted by atomic mass is 10.0. The van der Waals surface area contributed by atoms with Crippen LogP contribution in [0.5, 0.6) is 0 Å². The average molecular weight is 390 g/mol. The van der Waals surface area contributed by atoms with Crippen LogP contribution in [-0.4, -0.2) is 49.4 Å². The van der Waals surface area contributed by atoms with Crippen molar-refractivity contribution in [3.05, 3.63) is 41.1 Å². The summed E-state index contributed by atoms with van der Waals surface area (Å²) in [5, 5.41) is 3.29. The van der Waals surface area contributed by atoms with E-state index in [0.717, 1.165) is 11.3 Å². The van der Waals surface area contributed by atoms with Crippen molar-refractivity contribution in [3.8, 4) is 0 Å². The number of hydrogen-bond donors (Lipinski definition) is 1. The number of pyridine rings is 1. The number of fused-ring (bicyclic) bond motifs is 1. The molecule has 1 saturated heterocycles. The van der Waals surface area contributed by atoms with Crippen molar-refractivity contribution in [2.45, 2.75) is 32.7 Å². The molecule has 1 aromatic carbocycles. The Morgan fingerprint density at radius 3 is 2.70 bits per heavy atom. The fourth-order valence-electron chi connectivity index (χ4n) is 3.35.